The van der Waals surface area contributed by atoms with Crippen molar-refractivity contribution >= 4 is 17.9 Å². The van der Waals surface area contributed by atoms with Gasteiger partial charge in [0, 0.05) is 23.7 Å². The van der Waals surface area contributed by atoms with Gasteiger partial charge in [-0.2, -0.15) is 0 Å². The monoisotopic (exact) mass is 294 g/mol. The van der Waals surface area contributed by atoms with Gasteiger partial charge >= 0.3 is 0 Å². The number of guanidine groups is 1. The number of hydrogen-bond donors (Lipinski definition) is 1. The van der Waals surface area contributed by atoms with Crippen LogP contribution in [0.1, 0.15) is 5.76 Å². The van der Waals surface area contributed by atoms with E-state index in [0.29, 0.717) is 23.8 Å². The third kappa shape index (κ3) is 2.28. The second-order valence-electron chi connectivity index (χ2n) is 5.23. The highest BCUT2D eigenvalue weighted by Gasteiger charge is 2.28. The van der Waals surface area contributed by atoms with Crippen molar-refractivity contribution in [2.45, 2.75) is 0 Å². The molecule has 4 rings (SSSR count). The molecule has 1 fully saturated rings. The third-order valence-corrected chi connectivity index (χ3v) is 3.72. The zero-order chi connectivity index (χ0) is 14.9. The van der Waals surface area contributed by atoms with E-state index in [9.17, 15) is 4.79 Å². The van der Waals surface area contributed by atoms with Gasteiger partial charge in [-0.25, -0.2) is 0 Å². The largest absolute Gasteiger partial charge is 0.356 e. The Bertz CT molecular complexity index is 776. The molecule has 1 amide bonds. The van der Waals surface area contributed by atoms with E-state index < -0.39 is 0 Å². The molecule has 1 aromatic heterocycles. The van der Waals surface area contributed by atoms with Crippen LogP contribution in [0.15, 0.2) is 51.5 Å². The Labute approximate surface area is 127 Å². The van der Waals surface area contributed by atoms with Crippen LogP contribution in [0.2, 0.25) is 0 Å². The van der Waals surface area contributed by atoms with Crippen molar-refractivity contribution < 1.29 is 9.32 Å². The minimum atomic E-state index is -0.130. The number of carbonyl (C=O) groups excluding carboxylic acids is 1. The van der Waals surface area contributed by atoms with Crippen molar-refractivity contribution in [2.24, 2.45) is 4.99 Å². The molecule has 0 radical (unpaired) electrons. The van der Waals surface area contributed by atoms with E-state index in [1.165, 1.54) is 0 Å². The van der Waals surface area contributed by atoms with E-state index in [0.717, 1.165) is 24.3 Å². The van der Waals surface area contributed by atoms with Gasteiger partial charge in [0.2, 0.25) is 5.96 Å². The number of amides is 1. The molecule has 1 N–H and O–H groups in total. The van der Waals surface area contributed by atoms with Gasteiger partial charge in [-0.1, -0.05) is 35.5 Å². The Morgan fingerprint density at radius 3 is 3.00 bits per heavy atom. The lowest BCUT2D eigenvalue weighted by atomic mass is 10.1. The van der Waals surface area contributed by atoms with Crippen LogP contribution in [0.5, 0.6) is 0 Å². The molecular formula is C16H14N4O2. The van der Waals surface area contributed by atoms with Crippen molar-refractivity contribution in [3.63, 3.8) is 0 Å². The van der Waals surface area contributed by atoms with Crippen LogP contribution in [0, 0.1) is 0 Å². The molecule has 110 valence electrons. The van der Waals surface area contributed by atoms with Gasteiger partial charge in [0.25, 0.3) is 5.91 Å². The maximum atomic E-state index is 12.1. The summed E-state index contributed by atoms with van der Waals surface area (Å²) in [5.74, 6) is 1.11. The number of carbonyl (C=O) groups is 1. The molecule has 0 aliphatic carbocycles. The lowest BCUT2D eigenvalue weighted by molar-refractivity contribution is -0.116. The number of benzene rings is 1. The zero-order valence-corrected chi connectivity index (χ0v) is 11.8. The number of hydrogen-bond acceptors (Lipinski definition) is 5. The molecule has 0 atom stereocenters. The van der Waals surface area contributed by atoms with Crippen LogP contribution >= 0.6 is 0 Å². The first-order chi connectivity index (χ1) is 10.8. The minimum Gasteiger partial charge on any atom is -0.356 e. The average molecular weight is 294 g/mol. The van der Waals surface area contributed by atoms with Crippen LogP contribution in [-0.2, 0) is 4.79 Å². The summed E-state index contributed by atoms with van der Waals surface area (Å²) in [7, 11) is 0. The highest BCUT2D eigenvalue weighted by molar-refractivity contribution is 6.10. The molecule has 6 heteroatoms. The van der Waals surface area contributed by atoms with Crippen molar-refractivity contribution in [2.75, 3.05) is 19.6 Å². The van der Waals surface area contributed by atoms with Gasteiger partial charge in [-0.3, -0.25) is 15.1 Å². The fourth-order valence-corrected chi connectivity index (χ4v) is 2.60. The molecule has 0 bridgehead atoms. The van der Waals surface area contributed by atoms with E-state index in [1.807, 2.05) is 41.3 Å². The second kappa shape index (κ2) is 5.14. The lowest BCUT2D eigenvalue weighted by Gasteiger charge is -2.26. The standard InChI is InChI=1S/C16H14N4O2/c21-15-12(10-20-7-6-17-16(20)18-15)8-13-9-14(19-22-13)11-4-2-1-3-5-11/h1-5,8-9H,6-7,10H2,(H,17,18,21)/b12-8-. The predicted octanol–water partition coefficient (Wildman–Crippen LogP) is 1.53. The summed E-state index contributed by atoms with van der Waals surface area (Å²) in [5, 5.41) is 6.85. The summed E-state index contributed by atoms with van der Waals surface area (Å²) in [6.45, 7) is 2.11. The highest BCUT2D eigenvalue weighted by atomic mass is 16.5. The van der Waals surface area contributed by atoms with Crippen molar-refractivity contribution in [3.05, 3.63) is 47.7 Å². The maximum absolute atomic E-state index is 12.1. The van der Waals surface area contributed by atoms with E-state index in [4.69, 9.17) is 4.52 Å². The molecular weight excluding hydrogens is 280 g/mol. The molecule has 1 aromatic carbocycles. The first-order valence-electron chi connectivity index (χ1n) is 7.13. The summed E-state index contributed by atoms with van der Waals surface area (Å²) < 4.78 is 5.33. The van der Waals surface area contributed by atoms with Crippen molar-refractivity contribution in [1.29, 1.82) is 0 Å². The number of fused-ring (bicyclic) bond motifs is 1. The molecule has 1 saturated heterocycles. The van der Waals surface area contributed by atoms with Crippen LogP contribution in [-0.4, -0.2) is 41.6 Å². The van der Waals surface area contributed by atoms with Gasteiger partial charge in [-0.05, 0) is 6.08 Å². The van der Waals surface area contributed by atoms with Crippen molar-refractivity contribution in [1.82, 2.24) is 15.4 Å². The Hall–Kier alpha value is -2.89. The number of nitrogens with one attached hydrogen (secondary N) is 1. The van der Waals surface area contributed by atoms with E-state index in [1.54, 1.807) is 6.08 Å². The highest BCUT2D eigenvalue weighted by Crippen LogP contribution is 2.21. The van der Waals surface area contributed by atoms with Crippen LogP contribution in [0.4, 0.5) is 0 Å². The smallest absolute Gasteiger partial charge is 0.255 e. The molecule has 2 aromatic rings. The van der Waals surface area contributed by atoms with Crippen LogP contribution in [0.3, 0.4) is 0 Å². The molecule has 0 saturated carbocycles. The summed E-state index contributed by atoms with van der Waals surface area (Å²) >= 11 is 0. The van der Waals surface area contributed by atoms with E-state index in [2.05, 4.69) is 15.5 Å². The topological polar surface area (TPSA) is 70.7 Å². The molecule has 0 spiro atoms. The van der Waals surface area contributed by atoms with Crippen LogP contribution < -0.4 is 5.32 Å². The Morgan fingerprint density at radius 2 is 2.14 bits per heavy atom. The molecule has 22 heavy (non-hydrogen) atoms. The zero-order valence-electron chi connectivity index (χ0n) is 11.8. The summed E-state index contributed by atoms with van der Waals surface area (Å²) in [4.78, 5) is 18.4. The number of aliphatic imine (C=N–C) groups is 1. The first kappa shape index (κ1) is 12.8. The quantitative estimate of drug-likeness (QED) is 0.853. The SMILES string of the molecule is O=C1NC2=NCCN2C/C1=C/c1cc(-c2ccccc2)no1. The Morgan fingerprint density at radius 1 is 1.27 bits per heavy atom. The third-order valence-electron chi connectivity index (χ3n) is 3.72. The molecule has 6 nitrogen and oxygen atoms in total. The maximum Gasteiger partial charge on any atom is 0.255 e. The molecule has 2 aliphatic heterocycles. The summed E-state index contributed by atoms with van der Waals surface area (Å²) in [6, 6.07) is 11.6. The fourth-order valence-electron chi connectivity index (χ4n) is 2.60. The minimum absolute atomic E-state index is 0.130. The Kier molecular flexibility index (Phi) is 3.00. The molecule has 3 heterocycles. The van der Waals surface area contributed by atoms with Gasteiger partial charge in [0.1, 0.15) is 5.69 Å². The summed E-state index contributed by atoms with van der Waals surface area (Å²) in [5.41, 5.74) is 2.39. The summed E-state index contributed by atoms with van der Waals surface area (Å²) in [6.07, 6.45) is 1.74. The van der Waals surface area contributed by atoms with Crippen molar-refractivity contribution in [3.8, 4) is 11.3 Å². The van der Waals surface area contributed by atoms with Gasteiger partial charge in [-0.15, -0.1) is 0 Å². The van der Waals surface area contributed by atoms with Gasteiger partial charge < -0.3 is 9.42 Å². The predicted molar refractivity (Wildman–Crippen MR) is 81.9 cm³/mol. The lowest BCUT2D eigenvalue weighted by Crippen LogP contribution is -2.49. The fraction of sp³-hybridized carbons (Fsp3) is 0.188. The van der Waals surface area contributed by atoms with Crippen LogP contribution in [0.25, 0.3) is 17.3 Å². The second-order valence-corrected chi connectivity index (χ2v) is 5.23. The number of rotatable bonds is 2. The molecule has 2 aliphatic rings. The normalized spacial score (nSPS) is 19.1. The first-order valence-corrected chi connectivity index (χ1v) is 7.13. The average Bonchev–Trinajstić information content (AvgIpc) is 3.18. The number of aromatic nitrogens is 1. The van der Waals surface area contributed by atoms with E-state index in [-0.39, 0.29) is 5.91 Å². The van der Waals surface area contributed by atoms with Gasteiger partial charge in [0.15, 0.2) is 5.76 Å². The number of nitrogens with zero attached hydrogens (tertiary/aromatic N) is 3. The van der Waals surface area contributed by atoms with E-state index >= 15 is 0 Å². The Balaban J connectivity index is 1.59. The molecule has 0 unspecified atom stereocenters. The van der Waals surface area contributed by atoms with Gasteiger partial charge in [0.05, 0.1) is 13.1 Å².